The van der Waals surface area contributed by atoms with E-state index >= 15 is 0 Å². The number of nitrogens with zero attached hydrogens (tertiary/aromatic N) is 1. The lowest BCUT2D eigenvalue weighted by Crippen LogP contribution is -2.59. The van der Waals surface area contributed by atoms with E-state index in [0.29, 0.717) is 19.3 Å². The molecule has 13 atom stereocenters. The highest BCUT2D eigenvalue weighted by atomic mass is 16.7. The number of esters is 2. The average Bonchev–Trinajstić information content (AvgIpc) is 3.51. The van der Waals surface area contributed by atoms with Crippen molar-refractivity contribution in [2.24, 2.45) is 23.7 Å². The molecule has 0 spiro atoms. The van der Waals surface area contributed by atoms with E-state index in [1.807, 2.05) is 78.9 Å². The molecular weight excluding hydrogens is 762 g/mol. The standard InChI is InChI=1S/C35H58N2O11.C9H13NO/c1-13-26-35(9)29(36-33(42)48-35)20(4)24(14-15-44-23(7)38)18(2)17-34(8,43-12)30(21(5)27(39)22(6)31(41)46-26)47-32-28(40)25(37(10)11)16-19(3)45-32;1-10-7-8-3-5-9(11-2)6-4-8/h14,18-22,25-26,28-30,32,40H,13,15-17H2,1-12H3,(H,36,42);3-6,10H,7H2,1-2H3/b24-14+;/t18-,19-,20+,21+,22-,25+,26-,28-,29-,30-,32+,34-,35-;/m1./s1. The van der Waals surface area contributed by atoms with Crippen molar-refractivity contribution in [1.29, 1.82) is 0 Å². The molecule has 0 unspecified atom stereocenters. The van der Waals surface area contributed by atoms with E-state index in [9.17, 15) is 24.3 Å². The van der Waals surface area contributed by atoms with Crippen molar-refractivity contribution in [3.63, 3.8) is 0 Å². The van der Waals surface area contributed by atoms with Crippen LogP contribution in [-0.4, -0.2) is 130 Å². The zero-order chi connectivity index (χ0) is 44.4. The predicted molar refractivity (Wildman–Crippen MR) is 221 cm³/mol. The summed E-state index contributed by atoms with van der Waals surface area (Å²) in [5.74, 6) is -3.47. The number of amides is 1. The van der Waals surface area contributed by atoms with Crippen molar-refractivity contribution >= 4 is 23.8 Å². The Bertz CT molecular complexity index is 1590. The number of hydrogen-bond donors (Lipinski definition) is 3. The number of Topliss-reactive ketones (excluding diaryl/α,β-unsaturated/α-hetero) is 1. The number of aliphatic hydroxyl groups excluding tert-OH is 1. The number of fused-ring (bicyclic) bond motifs is 1. The molecule has 15 heteroatoms. The van der Waals surface area contributed by atoms with Gasteiger partial charge in [-0.2, -0.15) is 0 Å². The van der Waals surface area contributed by atoms with E-state index in [1.54, 1.807) is 21.0 Å². The second-order valence-corrected chi connectivity index (χ2v) is 16.9. The number of ether oxygens (including phenoxy) is 7. The molecule has 3 saturated heterocycles. The minimum Gasteiger partial charge on any atom is -0.497 e. The van der Waals surface area contributed by atoms with Crippen LogP contribution in [0.15, 0.2) is 35.9 Å². The Morgan fingerprint density at radius 2 is 1.69 bits per heavy atom. The largest absolute Gasteiger partial charge is 0.497 e. The number of carbonyl (C=O) groups excluding carboxylic acids is 4. The van der Waals surface area contributed by atoms with Gasteiger partial charge in [0.2, 0.25) is 0 Å². The molecule has 3 aliphatic rings. The van der Waals surface area contributed by atoms with Gasteiger partial charge >= 0.3 is 18.0 Å². The fourth-order valence-corrected chi connectivity index (χ4v) is 8.82. The zero-order valence-electron chi connectivity index (χ0n) is 37.7. The number of hydrogen-bond acceptors (Lipinski definition) is 14. The van der Waals surface area contributed by atoms with Crippen LogP contribution in [-0.2, 0) is 49.3 Å². The summed E-state index contributed by atoms with van der Waals surface area (Å²) in [5, 5.41) is 17.4. The number of benzene rings is 1. The van der Waals surface area contributed by atoms with Crippen LogP contribution in [0.5, 0.6) is 5.75 Å². The van der Waals surface area contributed by atoms with Crippen molar-refractivity contribution in [3.05, 3.63) is 41.5 Å². The second kappa shape index (κ2) is 21.8. The summed E-state index contributed by atoms with van der Waals surface area (Å²) in [6.45, 7) is 16.6. The Morgan fingerprint density at radius 1 is 1.05 bits per heavy atom. The molecule has 1 amide bonds. The van der Waals surface area contributed by atoms with Crippen molar-refractivity contribution in [2.75, 3.05) is 42.0 Å². The number of methoxy groups -OCH3 is 2. The lowest BCUT2D eigenvalue weighted by atomic mass is 9.71. The molecule has 0 aromatic heterocycles. The maximum absolute atomic E-state index is 14.2. The summed E-state index contributed by atoms with van der Waals surface area (Å²) < 4.78 is 41.1. The Kier molecular flexibility index (Phi) is 18.4. The predicted octanol–water partition coefficient (Wildman–Crippen LogP) is 4.81. The minimum absolute atomic E-state index is 0.00821. The smallest absolute Gasteiger partial charge is 0.408 e. The summed E-state index contributed by atoms with van der Waals surface area (Å²) in [4.78, 5) is 54.3. The average molecular weight is 834 g/mol. The quantitative estimate of drug-likeness (QED) is 0.127. The molecule has 3 fully saturated rings. The Labute approximate surface area is 351 Å². The molecule has 0 saturated carbocycles. The number of rotatable bonds is 10. The Balaban J connectivity index is 0.000000728. The first-order chi connectivity index (χ1) is 27.7. The molecule has 4 rings (SSSR count). The molecule has 1 aromatic rings. The summed E-state index contributed by atoms with van der Waals surface area (Å²) in [7, 11) is 8.89. The number of likely N-dealkylation sites (N-methyl/N-ethyl adjacent to an activating group) is 1. The number of carbonyl (C=O) groups is 4. The highest BCUT2D eigenvalue weighted by molar-refractivity contribution is 6.00. The van der Waals surface area contributed by atoms with E-state index in [2.05, 4.69) is 22.8 Å². The molecule has 1 aromatic carbocycles. The van der Waals surface area contributed by atoms with Crippen LogP contribution in [0.2, 0.25) is 0 Å². The van der Waals surface area contributed by atoms with Crippen molar-refractivity contribution in [2.45, 2.75) is 142 Å². The number of alkyl carbamates (subject to hydrolysis) is 1. The summed E-state index contributed by atoms with van der Waals surface area (Å²) in [6, 6.07) is 7.13. The number of nitrogens with one attached hydrogen (secondary N) is 2. The molecule has 0 radical (unpaired) electrons. The van der Waals surface area contributed by atoms with Gasteiger partial charge in [0, 0.05) is 38.5 Å². The Hall–Kier alpha value is -3.60. The summed E-state index contributed by atoms with van der Waals surface area (Å²) in [6.07, 6.45) is -1.82. The lowest BCUT2D eigenvalue weighted by molar-refractivity contribution is -0.295. The van der Waals surface area contributed by atoms with Gasteiger partial charge in [-0.3, -0.25) is 14.4 Å². The molecule has 334 valence electrons. The monoisotopic (exact) mass is 834 g/mol. The first kappa shape index (κ1) is 49.8. The molecule has 3 N–H and O–H groups in total. The van der Waals surface area contributed by atoms with Gasteiger partial charge in [-0.1, -0.05) is 45.4 Å². The van der Waals surface area contributed by atoms with Gasteiger partial charge in [-0.05, 0) is 97.8 Å². The van der Waals surface area contributed by atoms with Gasteiger partial charge in [-0.25, -0.2) is 4.79 Å². The molecule has 59 heavy (non-hydrogen) atoms. The van der Waals surface area contributed by atoms with Gasteiger partial charge in [0.15, 0.2) is 17.7 Å². The highest BCUT2D eigenvalue weighted by Gasteiger charge is 2.56. The zero-order valence-corrected chi connectivity index (χ0v) is 37.7. The van der Waals surface area contributed by atoms with Gasteiger partial charge in [0.05, 0.1) is 31.0 Å². The van der Waals surface area contributed by atoms with Crippen LogP contribution >= 0.6 is 0 Å². The van der Waals surface area contributed by atoms with Gasteiger partial charge in [-0.15, -0.1) is 0 Å². The number of aliphatic hydroxyl groups is 1. The fraction of sp³-hybridized carbons (Fsp3) is 0.727. The van der Waals surface area contributed by atoms with Crippen LogP contribution in [0.3, 0.4) is 0 Å². The second-order valence-electron chi connectivity index (χ2n) is 16.9. The SMILES string of the molecule is CC[C@H]1OC(=O)[C@H](C)C(=O)[C@H](C)[C@@H](O[C@@H]2O[C@H](C)C[C@H](N(C)C)[C@H]2O)[C@](C)(OC)C[C@@H](C)/C(=C\COC(C)=O)[C@H](C)[C@H]2NC(=O)O[C@@]21C.CNCc1ccc(OC)cc1. The van der Waals surface area contributed by atoms with Crippen LogP contribution < -0.4 is 15.4 Å². The molecular formula is C44H71N3O12. The third-order valence-corrected chi connectivity index (χ3v) is 12.2. The van der Waals surface area contributed by atoms with Crippen LogP contribution in [0.1, 0.15) is 87.1 Å². The maximum atomic E-state index is 14.2. The third kappa shape index (κ3) is 12.3. The van der Waals surface area contributed by atoms with Gasteiger partial charge in [0.25, 0.3) is 0 Å². The first-order valence-corrected chi connectivity index (χ1v) is 20.7. The highest BCUT2D eigenvalue weighted by Crippen LogP contribution is 2.43. The van der Waals surface area contributed by atoms with Gasteiger partial charge in [0.1, 0.15) is 30.5 Å². The summed E-state index contributed by atoms with van der Waals surface area (Å²) >= 11 is 0. The molecule has 15 nitrogen and oxygen atoms in total. The number of ketones is 1. The van der Waals surface area contributed by atoms with E-state index < -0.39 is 77.5 Å². The van der Waals surface area contributed by atoms with Crippen LogP contribution in [0.4, 0.5) is 4.79 Å². The summed E-state index contributed by atoms with van der Waals surface area (Å²) in [5.41, 5.74) is -0.330. The maximum Gasteiger partial charge on any atom is 0.408 e. The Morgan fingerprint density at radius 3 is 2.24 bits per heavy atom. The van der Waals surface area contributed by atoms with E-state index in [-0.39, 0.29) is 30.6 Å². The van der Waals surface area contributed by atoms with E-state index in [0.717, 1.165) is 17.9 Å². The number of cyclic esters (lactones) is 1. The molecule has 3 aliphatic heterocycles. The van der Waals surface area contributed by atoms with Crippen molar-refractivity contribution < 1.29 is 57.4 Å². The third-order valence-electron chi connectivity index (χ3n) is 12.2. The van der Waals surface area contributed by atoms with E-state index in [4.69, 9.17) is 33.2 Å². The fourth-order valence-electron chi connectivity index (χ4n) is 8.82. The van der Waals surface area contributed by atoms with Crippen molar-refractivity contribution in [3.8, 4) is 5.75 Å². The normalized spacial score (nSPS) is 36.3. The van der Waals surface area contributed by atoms with Crippen LogP contribution in [0, 0.1) is 23.7 Å². The van der Waals surface area contributed by atoms with Crippen molar-refractivity contribution in [1.82, 2.24) is 15.5 Å². The van der Waals surface area contributed by atoms with Crippen LogP contribution in [0.25, 0.3) is 0 Å². The minimum atomic E-state index is -1.27. The first-order valence-electron chi connectivity index (χ1n) is 20.7. The molecule has 0 bridgehead atoms. The van der Waals surface area contributed by atoms with E-state index in [1.165, 1.54) is 26.5 Å². The topological polar surface area (TPSA) is 180 Å². The lowest BCUT2D eigenvalue weighted by Gasteiger charge is -2.47. The van der Waals surface area contributed by atoms with Gasteiger partial charge < -0.3 is 53.8 Å². The molecule has 0 aliphatic carbocycles. The molecule has 3 heterocycles.